The first-order chi connectivity index (χ1) is 13.4. The first kappa shape index (κ1) is 16.4. The molecule has 0 amide bonds. The van der Waals surface area contributed by atoms with Crippen LogP contribution in [0.2, 0.25) is 0 Å². The number of hydrogen-bond donors (Lipinski definition) is 0. The highest BCUT2D eigenvalue weighted by molar-refractivity contribution is 5.99. The smallest absolute Gasteiger partial charge is 0.0115 e. The van der Waals surface area contributed by atoms with Gasteiger partial charge in [0.25, 0.3) is 0 Å². The van der Waals surface area contributed by atoms with Crippen molar-refractivity contribution in [2.24, 2.45) is 5.92 Å². The molecule has 0 N–H and O–H groups in total. The van der Waals surface area contributed by atoms with Gasteiger partial charge in [-0.1, -0.05) is 106 Å². The zero-order chi connectivity index (χ0) is 19.3. The molecule has 0 aliphatic heterocycles. The molecule has 0 radical (unpaired) electrons. The van der Waals surface area contributed by atoms with Crippen LogP contribution in [0.5, 0.6) is 0 Å². The van der Waals surface area contributed by atoms with Gasteiger partial charge in [-0.25, -0.2) is 0 Å². The number of rotatable bonds is 0. The van der Waals surface area contributed by atoms with E-state index < -0.39 is 0 Å². The molecule has 0 fully saturated rings. The van der Waals surface area contributed by atoms with Gasteiger partial charge in [0, 0.05) is 17.3 Å². The molecule has 0 bridgehead atoms. The van der Waals surface area contributed by atoms with E-state index in [2.05, 4.69) is 101 Å². The predicted octanol–water partition coefficient (Wildman–Crippen LogP) is 7.23. The van der Waals surface area contributed by atoms with Crippen LogP contribution in [0.15, 0.2) is 66.2 Å². The van der Waals surface area contributed by atoms with Crippen molar-refractivity contribution in [1.29, 1.82) is 0 Å². The highest BCUT2D eigenvalue weighted by atomic mass is 14.5. The number of fused-ring (bicyclic) bond motifs is 3. The number of hydrogen-bond acceptors (Lipinski definition) is 0. The lowest BCUT2D eigenvalue weighted by Crippen LogP contribution is -2.47. The first-order valence-corrected chi connectivity index (χ1v) is 10.5. The summed E-state index contributed by atoms with van der Waals surface area (Å²) in [6.07, 6.45) is 7.39. The maximum absolute atomic E-state index is 2.53. The first-order valence-electron chi connectivity index (χ1n) is 10.5. The van der Waals surface area contributed by atoms with E-state index in [4.69, 9.17) is 0 Å². The van der Waals surface area contributed by atoms with E-state index in [-0.39, 0.29) is 10.8 Å². The Hall–Kier alpha value is -2.60. The Morgan fingerprint density at radius 3 is 2.36 bits per heavy atom. The lowest BCUT2D eigenvalue weighted by atomic mass is 9.49. The van der Waals surface area contributed by atoms with Crippen molar-refractivity contribution in [3.8, 4) is 0 Å². The van der Waals surface area contributed by atoms with Gasteiger partial charge in [0.2, 0.25) is 0 Å². The Morgan fingerprint density at radius 2 is 1.54 bits per heavy atom. The second kappa shape index (κ2) is 5.06. The molecule has 6 rings (SSSR count). The average molecular weight is 363 g/mol. The van der Waals surface area contributed by atoms with Crippen LogP contribution in [-0.4, -0.2) is 0 Å². The van der Waals surface area contributed by atoms with E-state index in [1.54, 1.807) is 11.1 Å². The minimum atomic E-state index is 0.0498. The molecule has 3 aliphatic carbocycles. The molecule has 3 aliphatic rings. The monoisotopic (exact) mass is 362 g/mol. The minimum Gasteiger partial charge on any atom is -0.0757 e. The third kappa shape index (κ3) is 1.82. The summed E-state index contributed by atoms with van der Waals surface area (Å²) >= 11 is 0. The third-order valence-electron chi connectivity index (χ3n) is 7.77. The zero-order valence-corrected chi connectivity index (χ0v) is 17.1. The van der Waals surface area contributed by atoms with Crippen LogP contribution in [0.3, 0.4) is 0 Å². The fraction of sp³-hybridized carbons (Fsp3) is 0.286. The molecule has 28 heavy (non-hydrogen) atoms. The van der Waals surface area contributed by atoms with Gasteiger partial charge in [-0.2, -0.15) is 0 Å². The maximum atomic E-state index is 2.53. The largest absolute Gasteiger partial charge is 0.0757 e. The molecule has 0 spiro atoms. The zero-order valence-electron chi connectivity index (χ0n) is 17.1. The normalized spacial score (nSPS) is 25.1. The molecule has 0 heterocycles. The summed E-state index contributed by atoms with van der Waals surface area (Å²) in [5, 5.41) is 2.84. The summed E-state index contributed by atoms with van der Waals surface area (Å²) in [5.74, 6) is 0.927. The molecule has 3 aromatic carbocycles. The molecule has 0 aromatic heterocycles. The van der Waals surface area contributed by atoms with Crippen molar-refractivity contribution in [3.63, 3.8) is 0 Å². The average Bonchev–Trinajstić information content (AvgIpc) is 2.70. The molecule has 0 saturated carbocycles. The Morgan fingerprint density at radius 1 is 0.750 bits per heavy atom. The standard InChI is InChI=1S/C28H26/c1-27(2)21-10-5-6-11-22(21)28(3,4)26-20-15-14-18-9-7-8-17-12-13-19(16-23(26)27)25(20)24(17)18/h5-16,20,26H,1-4H3. The summed E-state index contributed by atoms with van der Waals surface area (Å²) in [7, 11) is 0. The van der Waals surface area contributed by atoms with E-state index in [9.17, 15) is 0 Å². The van der Waals surface area contributed by atoms with Crippen LogP contribution >= 0.6 is 0 Å². The van der Waals surface area contributed by atoms with Gasteiger partial charge in [0.05, 0.1) is 0 Å². The second-order valence-electron chi connectivity index (χ2n) is 9.87. The molecule has 138 valence electrons. The van der Waals surface area contributed by atoms with Gasteiger partial charge >= 0.3 is 0 Å². The van der Waals surface area contributed by atoms with E-state index in [1.807, 2.05) is 0 Å². The van der Waals surface area contributed by atoms with Crippen LogP contribution in [0.1, 0.15) is 61.4 Å². The van der Waals surface area contributed by atoms with Crippen molar-refractivity contribution < 1.29 is 0 Å². The highest BCUT2D eigenvalue weighted by Gasteiger charge is 2.52. The Kier molecular flexibility index (Phi) is 2.96. The van der Waals surface area contributed by atoms with Crippen LogP contribution < -0.4 is 0 Å². The summed E-state index contributed by atoms with van der Waals surface area (Å²) in [5.41, 5.74) is 9.09. The quantitative estimate of drug-likeness (QED) is 0.395. The van der Waals surface area contributed by atoms with Crippen molar-refractivity contribution in [3.05, 3.63) is 94.1 Å². The van der Waals surface area contributed by atoms with Crippen LogP contribution in [0.4, 0.5) is 0 Å². The second-order valence-corrected chi connectivity index (χ2v) is 9.87. The molecule has 0 heteroatoms. The summed E-state index contributed by atoms with van der Waals surface area (Å²) in [6.45, 7) is 9.76. The van der Waals surface area contributed by atoms with Gasteiger partial charge in [0.1, 0.15) is 0 Å². The Labute approximate surface area is 167 Å². The minimum absolute atomic E-state index is 0.0498. The SMILES string of the molecule is CC1(C)C2=Cc3ccc4cccc5c4c3C(C=C5)C2C(C)(C)c2ccccc21. The Bertz CT molecular complexity index is 1220. The fourth-order valence-corrected chi connectivity index (χ4v) is 6.43. The molecule has 2 atom stereocenters. The van der Waals surface area contributed by atoms with Crippen LogP contribution in [-0.2, 0) is 10.8 Å². The van der Waals surface area contributed by atoms with Crippen LogP contribution in [0, 0.1) is 5.92 Å². The summed E-state index contributed by atoms with van der Waals surface area (Å²) < 4.78 is 0. The molecule has 0 saturated heterocycles. The number of allylic oxidation sites excluding steroid dienone is 2. The van der Waals surface area contributed by atoms with E-state index >= 15 is 0 Å². The fourth-order valence-electron chi connectivity index (χ4n) is 6.43. The summed E-state index contributed by atoms with van der Waals surface area (Å²) in [4.78, 5) is 0. The molecule has 3 aromatic rings. The molecular weight excluding hydrogens is 336 g/mol. The molecular formula is C28H26. The van der Waals surface area contributed by atoms with Gasteiger partial charge in [-0.3, -0.25) is 0 Å². The van der Waals surface area contributed by atoms with Crippen molar-refractivity contribution in [2.45, 2.75) is 44.4 Å². The number of benzene rings is 3. The molecule has 0 nitrogen and oxygen atoms in total. The lowest BCUT2D eigenvalue weighted by Gasteiger charge is -2.54. The van der Waals surface area contributed by atoms with Gasteiger partial charge < -0.3 is 0 Å². The van der Waals surface area contributed by atoms with Crippen LogP contribution in [0.25, 0.3) is 22.9 Å². The Balaban J connectivity index is 1.73. The van der Waals surface area contributed by atoms with Gasteiger partial charge in [-0.15, -0.1) is 0 Å². The lowest BCUT2D eigenvalue weighted by molar-refractivity contribution is 0.278. The van der Waals surface area contributed by atoms with Crippen molar-refractivity contribution in [1.82, 2.24) is 0 Å². The molecule has 2 unspecified atom stereocenters. The van der Waals surface area contributed by atoms with Crippen molar-refractivity contribution in [2.75, 3.05) is 0 Å². The summed E-state index contributed by atoms with van der Waals surface area (Å²) in [6, 6.07) is 20.5. The maximum Gasteiger partial charge on any atom is 0.0115 e. The van der Waals surface area contributed by atoms with Crippen molar-refractivity contribution >= 4 is 22.9 Å². The van der Waals surface area contributed by atoms with Gasteiger partial charge in [-0.05, 0) is 44.0 Å². The van der Waals surface area contributed by atoms with E-state index in [0.717, 1.165) is 0 Å². The van der Waals surface area contributed by atoms with E-state index in [0.29, 0.717) is 11.8 Å². The highest BCUT2D eigenvalue weighted by Crippen LogP contribution is 2.61. The van der Waals surface area contributed by atoms with Gasteiger partial charge in [0.15, 0.2) is 0 Å². The topological polar surface area (TPSA) is 0 Å². The predicted molar refractivity (Wildman–Crippen MR) is 120 cm³/mol. The van der Waals surface area contributed by atoms with E-state index in [1.165, 1.54) is 33.0 Å². The third-order valence-corrected chi connectivity index (χ3v) is 7.77.